The quantitative estimate of drug-likeness (QED) is 0.666. The Kier molecular flexibility index (Phi) is 3.59. The van der Waals surface area contributed by atoms with Crippen molar-refractivity contribution < 1.29 is 5.11 Å². The van der Waals surface area contributed by atoms with Gasteiger partial charge in [0.05, 0.1) is 23.4 Å². The van der Waals surface area contributed by atoms with Gasteiger partial charge in [0.2, 0.25) is 0 Å². The van der Waals surface area contributed by atoms with Crippen LogP contribution in [0.2, 0.25) is 0 Å². The normalized spacial score (nSPS) is 12.8. The van der Waals surface area contributed by atoms with E-state index < -0.39 is 6.10 Å². The lowest BCUT2D eigenvalue weighted by Crippen LogP contribution is -2.36. The van der Waals surface area contributed by atoms with E-state index in [2.05, 4.69) is 10.4 Å². The maximum absolute atomic E-state index is 12.1. The van der Waals surface area contributed by atoms with Gasteiger partial charge in [-0.1, -0.05) is 12.1 Å². The average Bonchev–Trinajstić information content (AvgIpc) is 2.36. The van der Waals surface area contributed by atoms with Gasteiger partial charge in [-0.3, -0.25) is 14.7 Å². The zero-order chi connectivity index (χ0) is 13.1. The summed E-state index contributed by atoms with van der Waals surface area (Å²) < 4.78 is 1.15. The molecule has 1 atom stereocenters. The van der Waals surface area contributed by atoms with E-state index >= 15 is 0 Å². The van der Waals surface area contributed by atoms with Crippen molar-refractivity contribution in [3.63, 3.8) is 0 Å². The van der Waals surface area contributed by atoms with Gasteiger partial charge in [-0.15, -0.1) is 0 Å². The Morgan fingerprint density at radius 2 is 2.00 bits per heavy atom. The lowest BCUT2D eigenvalue weighted by molar-refractivity contribution is 0.147. The molecule has 0 aliphatic heterocycles. The number of hydrogen-bond donors (Lipinski definition) is 3. The van der Waals surface area contributed by atoms with Crippen molar-refractivity contribution in [1.29, 1.82) is 0 Å². The van der Waals surface area contributed by atoms with Gasteiger partial charge in [0, 0.05) is 6.54 Å². The third-order valence-electron chi connectivity index (χ3n) is 2.72. The van der Waals surface area contributed by atoms with Gasteiger partial charge in [-0.25, -0.2) is 4.68 Å². The number of hydrogen-bond acceptors (Lipinski definition) is 4. The van der Waals surface area contributed by atoms with Crippen LogP contribution in [0, 0.1) is 0 Å². The Balaban J connectivity index is 2.50. The summed E-state index contributed by atoms with van der Waals surface area (Å²) in [6.45, 7) is 0.404. The smallest absolute Gasteiger partial charge is 0.273 e. The first-order valence-electron chi connectivity index (χ1n) is 5.68. The number of aliphatic hydroxyl groups is 1. The molecule has 1 unspecified atom stereocenters. The summed E-state index contributed by atoms with van der Waals surface area (Å²) in [5.74, 6) is 0. The fraction of sp³-hybridized carbons (Fsp3) is 0.333. The summed E-state index contributed by atoms with van der Waals surface area (Å²) in [5.41, 5.74) is -0.637. The lowest BCUT2D eigenvalue weighted by Gasteiger charge is -2.12. The molecule has 18 heavy (non-hydrogen) atoms. The van der Waals surface area contributed by atoms with Crippen molar-refractivity contribution in [3.8, 4) is 0 Å². The van der Waals surface area contributed by atoms with Gasteiger partial charge in [-0.05, 0) is 19.2 Å². The van der Waals surface area contributed by atoms with Gasteiger partial charge >= 0.3 is 0 Å². The van der Waals surface area contributed by atoms with E-state index in [4.69, 9.17) is 0 Å². The van der Waals surface area contributed by atoms with Gasteiger partial charge in [-0.2, -0.15) is 0 Å². The van der Waals surface area contributed by atoms with Crippen LogP contribution in [0.5, 0.6) is 0 Å². The second-order valence-electron chi connectivity index (χ2n) is 4.11. The molecule has 3 N–H and O–H groups in total. The fourth-order valence-electron chi connectivity index (χ4n) is 1.89. The number of H-pyrrole nitrogens is 1. The highest BCUT2D eigenvalue weighted by Crippen LogP contribution is 2.02. The molecule has 6 nitrogen and oxygen atoms in total. The van der Waals surface area contributed by atoms with Gasteiger partial charge in [0.1, 0.15) is 0 Å². The summed E-state index contributed by atoms with van der Waals surface area (Å²) in [6, 6.07) is 6.62. The maximum atomic E-state index is 12.1. The number of aromatic nitrogens is 2. The Morgan fingerprint density at radius 3 is 2.67 bits per heavy atom. The van der Waals surface area contributed by atoms with Crippen molar-refractivity contribution in [2.75, 3.05) is 13.6 Å². The van der Waals surface area contributed by atoms with Crippen molar-refractivity contribution >= 4 is 10.8 Å². The molecule has 0 amide bonds. The molecule has 0 bridgehead atoms. The zero-order valence-electron chi connectivity index (χ0n) is 10.0. The minimum atomic E-state index is -0.732. The number of likely N-dealkylation sites (N-methyl/N-ethyl adjacent to an activating group) is 1. The molecule has 0 saturated carbocycles. The Bertz CT molecular complexity index is 659. The van der Waals surface area contributed by atoms with Crippen LogP contribution >= 0.6 is 0 Å². The van der Waals surface area contributed by atoms with Crippen LogP contribution in [0.15, 0.2) is 33.9 Å². The molecule has 6 heteroatoms. The standard InChI is InChI=1S/C12H15N3O3/c1-13-6-8(16)7-15-12(18)10-5-3-2-4-9(10)11(17)14-15/h2-5,8,13,16H,6-7H2,1H3,(H,14,17). The highest BCUT2D eigenvalue weighted by molar-refractivity contribution is 5.80. The second-order valence-corrected chi connectivity index (χ2v) is 4.11. The summed E-state index contributed by atoms with van der Waals surface area (Å²) in [6.07, 6.45) is -0.732. The second kappa shape index (κ2) is 5.16. The van der Waals surface area contributed by atoms with E-state index in [0.29, 0.717) is 17.3 Å². The van der Waals surface area contributed by atoms with Crippen LogP contribution in [-0.4, -0.2) is 34.6 Å². The minimum absolute atomic E-state index is 0.0553. The number of fused-ring (bicyclic) bond motifs is 1. The molecule has 2 rings (SSSR count). The van der Waals surface area contributed by atoms with Crippen molar-refractivity contribution in [2.24, 2.45) is 0 Å². The van der Waals surface area contributed by atoms with Gasteiger partial charge in [0.15, 0.2) is 0 Å². The average molecular weight is 249 g/mol. The molecule has 0 fully saturated rings. The Morgan fingerprint density at radius 1 is 1.33 bits per heavy atom. The van der Waals surface area contributed by atoms with Crippen molar-refractivity contribution in [2.45, 2.75) is 12.6 Å². The number of nitrogens with zero attached hydrogens (tertiary/aromatic N) is 1. The van der Waals surface area contributed by atoms with E-state index in [1.165, 1.54) is 0 Å². The third-order valence-corrected chi connectivity index (χ3v) is 2.72. The number of aliphatic hydroxyl groups excluding tert-OH is 1. The third kappa shape index (κ3) is 2.34. The molecule has 0 radical (unpaired) electrons. The van der Waals surface area contributed by atoms with E-state index in [0.717, 1.165) is 4.68 Å². The van der Waals surface area contributed by atoms with Crippen molar-refractivity contribution in [3.05, 3.63) is 45.0 Å². The largest absolute Gasteiger partial charge is 0.390 e. The molecule has 0 aliphatic rings. The highest BCUT2D eigenvalue weighted by atomic mass is 16.3. The zero-order valence-corrected chi connectivity index (χ0v) is 10.0. The number of nitrogens with one attached hydrogen (secondary N) is 2. The first-order valence-corrected chi connectivity index (χ1v) is 5.68. The summed E-state index contributed by atoms with van der Waals surface area (Å²) in [4.78, 5) is 23.9. The molecule has 0 saturated heterocycles. The fourth-order valence-corrected chi connectivity index (χ4v) is 1.89. The SMILES string of the molecule is CNCC(O)Cn1[nH]c(=O)c2ccccc2c1=O. The van der Waals surface area contributed by atoms with Crippen LogP contribution in [-0.2, 0) is 6.54 Å². The van der Waals surface area contributed by atoms with E-state index in [-0.39, 0.29) is 17.7 Å². The predicted octanol–water partition coefficient (Wildman–Crippen LogP) is -0.730. The molecular weight excluding hydrogens is 234 g/mol. The van der Waals surface area contributed by atoms with Gasteiger partial charge in [0.25, 0.3) is 11.1 Å². The van der Waals surface area contributed by atoms with Crippen LogP contribution in [0.25, 0.3) is 10.8 Å². The topological polar surface area (TPSA) is 87.1 Å². The number of aromatic amines is 1. The maximum Gasteiger partial charge on any atom is 0.273 e. The van der Waals surface area contributed by atoms with E-state index in [1.54, 1.807) is 31.3 Å². The molecule has 1 aromatic carbocycles. The summed E-state index contributed by atoms with van der Waals surface area (Å²) in [7, 11) is 1.70. The van der Waals surface area contributed by atoms with Gasteiger partial charge < -0.3 is 10.4 Å². The molecule has 1 aromatic heterocycles. The monoisotopic (exact) mass is 249 g/mol. The van der Waals surface area contributed by atoms with Crippen LogP contribution in [0.4, 0.5) is 0 Å². The lowest BCUT2D eigenvalue weighted by atomic mass is 10.2. The van der Waals surface area contributed by atoms with Crippen molar-refractivity contribution in [1.82, 2.24) is 15.1 Å². The van der Waals surface area contributed by atoms with Crippen LogP contribution in [0.3, 0.4) is 0 Å². The molecule has 1 heterocycles. The Labute approximate surface area is 103 Å². The first-order chi connectivity index (χ1) is 8.63. The predicted molar refractivity (Wildman–Crippen MR) is 68.8 cm³/mol. The van der Waals surface area contributed by atoms with E-state index in [1.807, 2.05) is 0 Å². The van der Waals surface area contributed by atoms with Crippen LogP contribution < -0.4 is 16.4 Å². The highest BCUT2D eigenvalue weighted by Gasteiger charge is 2.09. The number of benzene rings is 1. The number of rotatable bonds is 4. The molecule has 0 aliphatic carbocycles. The van der Waals surface area contributed by atoms with Crippen LogP contribution in [0.1, 0.15) is 0 Å². The molecule has 0 spiro atoms. The molecule has 96 valence electrons. The van der Waals surface area contributed by atoms with E-state index in [9.17, 15) is 14.7 Å². The first kappa shape index (κ1) is 12.5. The minimum Gasteiger partial charge on any atom is -0.390 e. The summed E-state index contributed by atoms with van der Waals surface area (Å²) in [5, 5.41) is 15.6. The summed E-state index contributed by atoms with van der Waals surface area (Å²) >= 11 is 0. The molecule has 2 aromatic rings. The Hall–Kier alpha value is -1.92. The molecular formula is C12H15N3O3.